The van der Waals surface area contributed by atoms with Crippen molar-refractivity contribution in [1.29, 1.82) is 5.26 Å². The minimum Gasteiger partial charge on any atom is -0.379 e. The topological polar surface area (TPSA) is 45.0 Å². The van der Waals surface area contributed by atoms with Crippen LogP contribution in [0.3, 0.4) is 0 Å². The molecule has 1 aliphatic carbocycles. The number of rotatable bonds is 6. The smallest absolute Gasteiger partial charge is 0.133 e. The van der Waals surface area contributed by atoms with Crippen LogP contribution < -0.4 is 5.32 Å². The first-order chi connectivity index (χ1) is 6.64. The van der Waals surface area contributed by atoms with E-state index in [1.807, 2.05) is 6.92 Å². The van der Waals surface area contributed by atoms with Crippen molar-refractivity contribution in [2.75, 3.05) is 13.2 Å². The van der Waals surface area contributed by atoms with Crippen LogP contribution in [-0.2, 0) is 4.74 Å². The number of hydrogen-bond donors (Lipinski definition) is 1. The molecule has 1 atom stereocenters. The van der Waals surface area contributed by atoms with Crippen molar-refractivity contribution in [3.05, 3.63) is 0 Å². The average molecular weight is 196 g/mol. The van der Waals surface area contributed by atoms with Gasteiger partial charge >= 0.3 is 0 Å². The van der Waals surface area contributed by atoms with E-state index in [4.69, 9.17) is 4.74 Å². The summed E-state index contributed by atoms with van der Waals surface area (Å²) in [6.07, 6.45) is 2.31. The average Bonchev–Trinajstić information content (AvgIpc) is 2.95. The fraction of sp³-hybridized carbons (Fsp3) is 0.909. The fourth-order valence-electron chi connectivity index (χ4n) is 1.79. The number of nitriles is 1. The SMILES string of the molecule is CCOCC(C#N)(NC(C)C)C1CC1. The number of nitrogens with one attached hydrogen (secondary N) is 1. The van der Waals surface area contributed by atoms with E-state index in [0.717, 1.165) is 12.8 Å². The summed E-state index contributed by atoms with van der Waals surface area (Å²) in [6, 6.07) is 2.74. The van der Waals surface area contributed by atoms with Gasteiger partial charge in [-0.15, -0.1) is 0 Å². The normalized spacial score (nSPS) is 20.5. The van der Waals surface area contributed by atoms with Crippen molar-refractivity contribution in [3.63, 3.8) is 0 Å². The second kappa shape index (κ2) is 4.77. The second-order valence-corrected chi connectivity index (χ2v) is 4.29. The highest BCUT2D eigenvalue weighted by Gasteiger charge is 2.46. The largest absolute Gasteiger partial charge is 0.379 e. The molecule has 0 heterocycles. The minimum absolute atomic E-state index is 0.329. The van der Waals surface area contributed by atoms with Gasteiger partial charge in [0.15, 0.2) is 0 Å². The molecule has 1 aliphatic rings. The standard InChI is InChI=1S/C11H20N2O/c1-4-14-8-11(7-12,10-5-6-10)13-9(2)3/h9-10,13H,4-6,8H2,1-3H3. The van der Waals surface area contributed by atoms with Crippen LogP contribution in [0, 0.1) is 17.2 Å². The Morgan fingerprint density at radius 3 is 2.57 bits per heavy atom. The number of ether oxygens (including phenoxy) is 1. The van der Waals surface area contributed by atoms with Gasteiger partial charge in [-0.3, -0.25) is 5.32 Å². The van der Waals surface area contributed by atoms with Crippen LogP contribution in [0.25, 0.3) is 0 Å². The van der Waals surface area contributed by atoms with Crippen LogP contribution in [-0.4, -0.2) is 24.8 Å². The van der Waals surface area contributed by atoms with Gasteiger partial charge in [0.05, 0.1) is 12.7 Å². The molecule has 0 saturated heterocycles. The van der Waals surface area contributed by atoms with E-state index in [9.17, 15) is 5.26 Å². The maximum atomic E-state index is 9.27. The van der Waals surface area contributed by atoms with Gasteiger partial charge < -0.3 is 4.74 Å². The molecular weight excluding hydrogens is 176 g/mol. The molecule has 1 N–H and O–H groups in total. The molecule has 0 amide bonds. The molecule has 1 fully saturated rings. The Bertz CT molecular complexity index is 218. The molecule has 1 saturated carbocycles. The van der Waals surface area contributed by atoms with Gasteiger partial charge in [-0.25, -0.2) is 0 Å². The fourth-order valence-corrected chi connectivity index (χ4v) is 1.79. The van der Waals surface area contributed by atoms with Crippen molar-refractivity contribution in [2.24, 2.45) is 5.92 Å². The Morgan fingerprint density at radius 1 is 1.57 bits per heavy atom. The Labute approximate surface area is 86.4 Å². The highest BCUT2D eigenvalue weighted by Crippen LogP contribution is 2.39. The molecule has 0 aromatic heterocycles. The maximum Gasteiger partial charge on any atom is 0.133 e. The lowest BCUT2D eigenvalue weighted by molar-refractivity contribution is 0.0861. The van der Waals surface area contributed by atoms with Crippen LogP contribution in [0.15, 0.2) is 0 Å². The van der Waals surface area contributed by atoms with E-state index in [1.54, 1.807) is 0 Å². The van der Waals surface area contributed by atoms with Crippen molar-refractivity contribution in [3.8, 4) is 6.07 Å². The van der Waals surface area contributed by atoms with E-state index >= 15 is 0 Å². The molecule has 0 aromatic carbocycles. The molecule has 0 spiro atoms. The molecule has 0 aliphatic heterocycles. The summed E-state index contributed by atoms with van der Waals surface area (Å²) < 4.78 is 5.41. The van der Waals surface area contributed by atoms with Crippen molar-refractivity contribution in [1.82, 2.24) is 5.32 Å². The predicted octanol–water partition coefficient (Wildman–Crippen LogP) is 1.69. The monoisotopic (exact) mass is 196 g/mol. The van der Waals surface area contributed by atoms with Crippen molar-refractivity contribution in [2.45, 2.75) is 45.2 Å². The summed E-state index contributed by atoms with van der Waals surface area (Å²) in [5.74, 6) is 0.487. The van der Waals surface area contributed by atoms with Gasteiger partial charge in [-0.05, 0) is 39.5 Å². The Morgan fingerprint density at radius 2 is 2.21 bits per heavy atom. The van der Waals surface area contributed by atoms with Crippen LogP contribution in [0.1, 0.15) is 33.6 Å². The van der Waals surface area contributed by atoms with Gasteiger partial charge in [0.2, 0.25) is 0 Å². The molecule has 3 heteroatoms. The Hall–Kier alpha value is -0.590. The van der Waals surface area contributed by atoms with Crippen LogP contribution in [0.2, 0.25) is 0 Å². The molecule has 80 valence electrons. The first kappa shape index (κ1) is 11.5. The van der Waals surface area contributed by atoms with Crippen molar-refractivity contribution >= 4 is 0 Å². The van der Waals surface area contributed by atoms with Gasteiger partial charge in [0.1, 0.15) is 5.54 Å². The first-order valence-electron chi connectivity index (χ1n) is 5.41. The van der Waals surface area contributed by atoms with E-state index in [-0.39, 0.29) is 0 Å². The molecule has 3 nitrogen and oxygen atoms in total. The Balaban J connectivity index is 2.60. The molecule has 0 radical (unpaired) electrons. The summed E-state index contributed by atoms with van der Waals surface area (Å²) in [5.41, 5.74) is -0.440. The summed E-state index contributed by atoms with van der Waals surface area (Å²) in [5, 5.41) is 12.6. The molecule has 0 aromatic rings. The summed E-state index contributed by atoms with van der Waals surface area (Å²) in [6.45, 7) is 7.30. The van der Waals surface area contributed by atoms with Crippen molar-refractivity contribution < 1.29 is 4.74 Å². The van der Waals surface area contributed by atoms with Crippen LogP contribution in [0.4, 0.5) is 0 Å². The maximum absolute atomic E-state index is 9.27. The third-order valence-corrected chi connectivity index (χ3v) is 2.55. The lowest BCUT2D eigenvalue weighted by atomic mass is 9.95. The third-order valence-electron chi connectivity index (χ3n) is 2.55. The summed E-state index contributed by atoms with van der Waals surface area (Å²) in [4.78, 5) is 0. The van der Waals surface area contributed by atoms with E-state index < -0.39 is 5.54 Å². The molecule has 1 unspecified atom stereocenters. The zero-order valence-electron chi connectivity index (χ0n) is 9.34. The molecule has 0 bridgehead atoms. The summed E-state index contributed by atoms with van der Waals surface area (Å²) >= 11 is 0. The van der Waals surface area contributed by atoms with Crippen LogP contribution >= 0.6 is 0 Å². The van der Waals surface area contributed by atoms with Gasteiger partial charge in [0.25, 0.3) is 0 Å². The Kier molecular flexibility index (Phi) is 3.91. The number of nitrogens with zero attached hydrogens (tertiary/aromatic N) is 1. The van der Waals surface area contributed by atoms with Gasteiger partial charge in [-0.2, -0.15) is 5.26 Å². The van der Waals surface area contributed by atoms with E-state index in [1.165, 1.54) is 0 Å². The predicted molar refractivity (Wildman–Crippen MR) is 55.8 cm³/mol. The zero-order valence-corrected chi connectivity index (χ0v) is 9.34. The van der Waals surface area contributed by atoms with Crippen LogP contribution in [0.5, 0.6) is 0 Å². The quantitative estimate of drug-likeness (QED) is 0.703. The highest BCUT2D eigenvalue weighted by atomic mass is 16.5. The minimum atomic E-state index is -0.440. The highest BCUT2D eigenvalue weighted by molar-refractivity contribution is 5.15. The number of hydrogen-bond acceptors (Lipinski definition) is 3. The van der Waals surface area contributed by atoms with Gasteiger partial charge in [0, 0.05) is 12.6 Å². The van der Waals surface area contributed by atoms with E-state index in [0.29, 0.717) is 25.2 Å². The first-order valence-corrected chi connectivity index (χ1v) is 5.41. The molecule has 14 heavy (non-hydrogen) atoms. The lowest BCUT2D eigenvalue weighted by Crippen LogP contribution is -2.53. The second-order valence-electron chi connectivity index (χ2n) is 4.29. The lowest BCUT2D eigenvalue weighted by Gasteiger charge is -2.29. The van der Waals surface area contributed by atoms with E-state index in [2.05, 4.69) is 25.2 Å². The molecular formula is C11H20N2O. The van der Waals surface area contributed by atoms with Gasteiger partial charge in [-0.1, -0.05) is 0 Å². The zero-order chi connectivity index (χ0) is 10.6. The third kappa shape index (κ3) is 2.70. The molecule has 1 rings (SSSR count). The summed E-state index contributed by atoms with van der Waals surface area (Å²) in [7, 11) is 0.